The molecule has 3 rings (SSSR count). The van der Waals surface area contributed by atoms with Gasteiger partial charge in [-0.25, -0.2) is 0 Å². The summed E-state index contributed by atoms with van der Waals surface area (Å²) in [5, 5.41) is 3.45. The highest BCUT2D eigenvalue weighted by Gasteiger charge is 2.20. The van der Waals surface area contributed by atoms with Gasteiger partial charge in [0.15, 0.2) is 6.29 Å². The van der Waals surface area contributed by atoms with E-state index in [1.165, 1.54) is 22.3 Å². The largest absolute Gasteiger partial charge is 0.468 e. The van der Waals surface area contributed by atoms with Crippen LogP contribution in [0.25, 0.3) is 0 Å². The van der Waals surface area contributed by atoms with Crippen LogP contribution in [0, 0.1) is 20.8 Å². The minimum Gasteiger partial charge on any atom is -0.468 e. The predicted octanol–water partition coefficient (Wildman–Crippen LogP) is 3.54. The van der Waals surface area contributed by atoms with Crippen molar-refractivity contribution in [3.8, 4) is 0 Å². The van der Waals surface area contributed by atoms with Crippen LogP contribution in [-0.4, -0.2) is 13.2 Å². The van der Waals surface area contributed by atoms with E-state index >= 15 is 0 Å². The molecule has 0 radical (unpaired) electrons. The normalized spacial score (nSPS) is 15.6. The van der Waals surface area contributed by atoms with Gasteiger partial charge < -0.3 is 19.2 Å². The van der Waals surface area contributed by atoms with E-state index in [4.69, 9.17) is 13.9 Å². The first-order valence-corrected chi connectivity index (χ1v) is 7.72. The van der Waals surface area contributed by atoms with Crippen molar-refractivity contribution in [2.24, 2.45) is 0 Å². The zero-order valence-corrected chi connectivity index (χ0v) is 13.4. The van der Waals surface area contributed by atoms with Crippen molar-refractivity contribution in [3.63, 3.8) is 0 Å². The van der Waals surface area contributed by atoms with Gasteiger partial charge in [-0.3, -0.25) is 0 Å². The van der Waals surface area contributed by atoms with E-state index in [1.807, 2.05) is 6.07 Å². The van der Waals surface area contributed by atoms with Crippen molar-refractivity contribution in [1.29, 1.82) is 0 Å². The molecule has 2 aromatic rings. The summed E-state index contributed by atoms with van der Waals surface area (Å²) >= 11 is 0. The number of ether oxygens (including phenoxy) is 2. The van der Waals surface area contributed by atoms with Crippen LogP contribution in [-0.2, 0) is 22.6 Å². The zero-order chi connectivity index (χ0) is 15.5. The van der Waals surface area contributed by atoms with Crippen molar-refractivity contribution in [3.05, 3.63) is 58.0 Å². The van der Waals surface area contributed by atoms with Gasteiger partial charge >= 0.3 is 0 Å². The molecule has 1 N–H and O–H groups in total. The third-order valence-electron chi connectivity index (χ3n) is 4.17. The van der Waals surface area contributed by atoms with Crippen LogP contribution in [0.3, 0.4) is 0 Å². The van der Waals surface area contributed by atoms with Crippen LogP contribution in [0.5, 0.6) is 0 Å². The van der Waals surface area contributed by atoms with Crippen molar-refractivity contribution in [2.75, 3.05) is 13.2 Å². The highest BCUT2D eigenvalue weighted by Crippen LogP contribution is 2.28. The average molecular weight is 301 g/mol. The maximum absolute atomic E-state index is 5.61. The van der Waals surface area contributed by atoms with Crippen LogP contribution in [0.1, 0.15) is 39.9 Å². The minimum absolute atomic E-state index is 0.202. The Morgan fingerprint density at radius 3 is 2.45 bits per heavy atom. The maximum Gasteiger partial charge on any atom is 0.184 e. The third kappa shape index (κ3) is 3.24. The van der Waals surface area contributed by atoms with Gasteiger partial charge in [0.1, 0.15) is 5.76 Å². The summed E-state index contributed by atoms with van der Waals surface area (Å²) in [5.74, 6) is 0.999. The second-order valence-electron chi connectivity index (χ2n) is 5.84. The number of aryl methyl sites for hydroxylation is 3. The molecule has 22 heavy (non-hydrogen) atoms. The van der Waals surface area contributed by atoms with Gasteiger partial charge in [-0.1, -0.05) is 12.1 Å². The number of rotatable bonds is 5. The van der Waals surface area contributed by atoms with E-state index in [0.29, 0.717) is 13.2 Å². The summed E-state index contributed by atoms with van der Waals surface area (Å²) < 4.78 is 16.7. The van der Waals surface area contributed by atoms with Crippen LogP contribution in [0.2, 0.25) is 0 Å². The van der Waals surface area contributed by atoms with Gasteiger partial charge in [0.25, 0.3) is 0 Å². The van der Waals surface area contributed by atoms with Crippen LogP contribution in [0.4, 0.5) is 0 Å². The molecule has 118 valence electrons. The first kappa shape index (κ1) is 15.3. The number of nitrogens with one attached hydrogen (secondary N) is 1. The molecular weight excluding hydrogens is 278 g/mol. The predicted molar refractivity (Wildman–Crippen MR) is 84.5 cm³/mol. The summed E-state index contributed by atoms with van der Waals surface area (Å²) in [7, 11) is 0. The molecule has 4 heteroatoms. The van der Waals surface area contributed by atoms with Crippen LogP contribution >= 0.6 is 0 Å². The first-order chi connectivity index (χ1) is 10.6. The third-order valence-corrected chi connectivity index (χ3v) is 4.17. The molecule has 1 aromatic heterocycles. The zero-order valence-electron chi connectivity index (χ0n) is 13.4. The fourth-order valence-corrected chi connectivity index (χ4v) is 2.78. The average Bonchev–Trinajstić information content (AvgIpc) is 3.14. The summed E-state index contributed by atoms with van der Waals surface area (Å²) in [6, 6.07) is 6.39. The lowest BCUT2D eigenvalue weighted by atomic mass is 9.99. The number of benzene rings is 1. The maximum atomic E-state index is 5.61. The molecule has 0 atom stereocenters. The standard InChI is InChI=1S/C18H23NO3/c1-12-4-5-20-17(12)11-19-10-15-8-14(3)16(9-13(15)2)18-21-6-7-22-18/h4-5,8-9,18-19H,6-7,10-11H2,1-3H3. The fourth-order valence-electron chi connectivity index (χ4n) is 2.78. The lowest BCUT2D eigenvalue weighted by molar-refractivity contribution is -0.0445. The molecule has 1 fully saturated rings. The van der Waals surface area contributed by atoms with E-state index in [1.54, 1.807) is 6.26 Å². The highest BCUT2D eigenvalue weighted by molar-refractivity contribution is 5.38. The summed E-state index contributed by atoms with van der Waals surface area (Å²) in [6.45, 7) is 9.22. The second kappa shape index (κ2) is 6.65. The molecule has 2 heterocycles. The molecule has 1 aromatic carbocycles. The Kier molecular flexibility index (Phi) is 4.62. The number of furan rings is 1. The summed E-state index contributed by atoms with van der Waals surface area (Å²) in [4.78, 5) is 0. The molecule has 0 aliphatic carbocycles. The van der Waals surface area contributed by atoms with Gasteiger partial charge in [0, 0.05) is 12.1 Å². The van der Waals surface area contributed by atoms with E-state index < -0.39 is 0 Å². The Bertz CT molecular complexity index is 642. The smallest absolute Gasteiger partial charge is 0.184 e. The fraction of sp³-hybridized carbons (Fsp3) is 0.444. The monoisotopic (exact) mass is 301 g/mol. The summed E-state index contributed by atoms with van der Waals surface area (Å²) in [5.41, 5.74) is 6.09. The van der Waals surface area contributed by atoms with Gasteiger partial charge in [-0.2, -0.15) is 0 Å². The van der Waals surface area contributed by atoms with Gasteiger partial charge in [0.2, 0.25) is 0 Å². The molecule has 1 aliphatic rings. The molecule has 0 bridgehead atoms. The Morgan fingerprint density at radius 2 is 1.77 bits per heavy atom. The molecule has 0 saturated carbocycles. The van der Waals surface area contributed by atoms with Crippen LogP contribution in [0.15, 0.2) is 28.9 Å². The topological polar surface area (TPSA) is 43.6 Å². The van der Waals surface area contributed by atoms with E-state index in [-0.39, 0.29) is 6.29 Å². The van der Waals surface area contributed by atoms with Crippen molar-refractivity contribution < 1.29 is 13.9 Å². The first-order valence-electron chi connectivity index (χ1n) is 7.72. The molecule has 0 spiro atoms. The molecule has 4 nitrogen and oxygen atoms in total. The second-order valence-corrected chi connectivity index (χ2v) is 5.84. The SMILES string of the molecule is Cc1cc(C2OCCO2)c(C)cc1CNCc1occc1C. The lowest BCUT2D eigenvalue weighted by Crippen LogP contribution is -2.14. The molecule has 1 saturated heterocycles. The molecule has 0 unspecified atom stereocenters. The van der Waals surface area contributed by atoms with E-state index in [2.05, 4.69) is 38.2 Å². The Labute approximate surface area is 131 Å². The Hall–Kier alpha value is -1.62. The number of hydrogen-bond donors (Lipinski definition) is 1. The Morgan fingerprint density at radius 1 is 1.00 bits per heavy atom. The minimum atomic E-state index is -0.202. The highest BCUT2D eigenvalue weighted by atomic mass is 16.7. The lowest BCUT2D eigenvalue weighted by Gasteiger charge is -2.16. The summed E-state index contributed by atoms with van der Waals surface area (Å²) in [6.07, 6.45) is 1.53. The van der Waals surface area contributed by atoms with Gasteiger partial charge in [-0.15, -0.1) is 0 Å². The quantitative estimate of drug-likeness (QED) is 0.917. The van der Waals surface area contributed by atoms with Crippen molar-refractivity contribution >= 4 is 0 Å². The Balaban J connectivity index is 1.66. The van der Waals surface area contributed by atoms with Gasteiger partial charge in [0.05, 0.1) is 26.0 Å². The molecular formula is C18H23NO3. The van der Waals surface area contributed by atoms with Crippen molar-refractivity contribution in [1.82, 2.24) is 5.32 Å². The van der Waals surface area contributed by atoms with E-state index in [0.717, 1.165) is 24.4 Å². The molecule has 1 aliphatic heterocycles. The van der Waals surface area contributed by atoms with Gasteiger partial charge in [-0.05, 0) is 49.1 Å². The van der Waals surface area contributed by atoms with Crippen LogP contribution < -0.4 is 5.32 Å². The van der Waals surface area contributed by atoms with Crippen molar-refractivity contribution in [2.45, 2.75) is 40.2 Å². The molecule has 0 amide bonds. The van der Waals surface area contributed by atoms with E-state index in [9.17, 15) is 0 Å². The number of hydrogen-bond acceptors (Lipinski definition) is 4.